The third-order valence-corrected chi connectivity index (χ3v) is 2.24. The van der Waals surface area contributed by atoms with E-state index in [0.717, 1.165) is 0 Å². The van der Waals surface area contributed by atoms with Crippen LogP contribution in [0.4, 0.5) is 0 Å². The summed E-state index contributed by atoms with van der Waals surface area (Å²) in [6.07, 6.45) is -3.92. The third-order valence-electron chi connectivity index (χ3n) is 2.24. The first kappa shape index (κ1) is 38.6. The van der Waals surface area contributed by atoms with E-state index in [2.05, 4.69) is 10.7 Å². The number of hydrogen-bond donors (Lipinski definition) is 8. The van der Waals surface area contributed by atoms with Crippen molar-refractivity contribution in [1.82, 2.24) is 0 Å². The molecule has 0 aliphatic rings. The standard InChI is InChI=1S/C6H14N4O2.C4H6O6.C2H5NO2.2Na/c7-4(5(11)12)2-1-3-10-6(8)9;5-1(3(7)8)2(6)4(9)10;3-1-2(4)5;;/h4H,1-3,7H2,(H,11,12)(H4,8,9,10);1-2,5-6H,(H,7,8)(H,9,10);1,3H2,(H,4,5);;/q;;;2*+1/p-2. The third kappa shape index (κ3) is 29.3. The van der Waals surface area contributed by atoms with Gasteiger partial charge in [-0.3, -0.25) is 14.6 Å². The van der Waals surface area contributed by atoms with Gasteiger partial charge in [-0.05, 0) is 12.8 Å². The van der Waals surface area contributed by atoms with Crippen LogP contribution in [0.3, 0.4) is 0 Å². The van der Waals surface area contributed by atoms with E-state index in [1.54, 1.807) is 0 Å². The SMILES string of the molecule is NC(N)=NCCCC(N)C(=O)O.NCC(=O)O.O=C([O-])C(O)C(O)C(=O)[O-].[Na+].[Na+]. The fourth-order valence-electron chi connectivity index (χ4n) is 0.901. The van der Waals surface area contributed by atoms with Crippen LogP contribution in [0.25, 0.3) is 0 Å². The number of nitrogens with zero attached hydrogens (tertiary/aromatic N) is 1. The summed E-state index contributed by atoms with van der Waals surface area (Å²) in [5.74, 6) is -6.07. The van der Waals surface area contributed by atoms with Crippen molar-refractivity contribution in [3.63, 3.8) is 0 Å². The van der Waals surface area contributed by atoms with E-state index in [9.17, 15) is 29.4 Å². The van der Waals surface area contributed by atoms with Crippen LogP contribution in [0, 0.1) is 0 Å². The molecule has 0 amide bonds. The van der Waals surface area contributed by atoms with E-state index in [1.165, 1.54) is 0 Å². The number of rotatable bonds is 9. The van der Waals surface area contributed by atoms with Crippen molar-refractivity contribution in [3.05, 3.63) is 0 Å². The molecule has 3 atom stereocenters. The van der Waals surface area contributed by atoms with Gasteiger partial charge in [0.1, 0.15) is 18.2 Å². The number of carboxylic acid groups (broad SMARTS) is 4. The molecule has 0 aromatic rings. The Morgan fingerprint density at radius 1 is 0.931 bits per heavy atom. The summed E-state index contributed by atoms with van der Waals surface area (Å²) in [6, 6.07) is -0.820. The quantitative estimate of drug-likeness (QED) is 0.0710. The number of carbonyl (C=O) groups is 4. The second kappa shape index (κ2) is 23.3. The summed E-state index contributed by atoms with van der Waals surface area (Å²) in [6.45, 7) is 0.142. The van der Waals surface area contributed by atoms with Crippen LogP contribution in [0.1, 0.15) is 12.8 Å². The van der Waals surface area contributed by atoms with E-state index in [0.29, 0.717) is 19.4 Å². The molecule has 12 N–H and O–H groups in total. The molecule has 0 bridgehead atoms. The van der Waals surface area contributed by atoms with Crippen molar-refractivity contribution in [2.24, 2.45) is 27.9 Å². The molecule has 0 aliphatic heterocycles. The summed E-state index contributed by atoms with van der Waals surface area (Å²) in [7, 11) is 0. The molecule has 0 aromatic carbocycles. The van der Waals surface area contributed by atoms with Crippen LogP contribution in [0.15, 0.2) is 4.99 Å². The van der Waals surface area contributed by atoms with Gasteiger partial charge in [0.15, 0.2) is 5.96 Å². The number of carboxylic acids is 4. The zero-order valence-corrected chi connectivity index (χ0v) is 20.1. The number of aliphatic hydroxyl groups excluding tert-OH is 2. The Labute approximate surface area is 209 Å². The molecule has 3 unspecified atom stereocenters. The topological polar surface area (TPSA) is 312 Å². The molecule has 0 saturated carbocycles. The minimum absolute atomic E-state index is 0. The van der Waals surface area contributed by atoms with Crippen LogP contribution in [-0.2, 0) is 19.2 Å². The molecular formula is C12H23N5Na2O10. The first-order valence-electron chi connectivity index (χ1n) is 7.01. The zero-order chi connectivity index (χ0) is 22.2. The van der Waals surface area contributed by atoms with E-state index < -0.39 is 42.1 Å². The second-order valence-electron chi connectivity index (χ2n) is 4.52. The number of aliphatic carboxylic acids is 4. The first-order valence-corrected chi connectivity index (χ1v) is 7.01. The van der Waals surface area contributed by atoms with Crippen LogP contribution < -0.4 is 92.3 Å². The van der Waals surface area contributed by atoms with Crippen LogP contribution in [0.5, 0.6) is 0 Å². The fraction of sp³-hybridized carbons (Fsp3) is 0.583. The number of hydrogen-bond acceptors (Lipinski definition) is 11. The summed E-state index contributed by atoms with van der Waals surface area (Å²) in [5.41, 5.74) is 19.9. The van der Waals surface area contributed by atoms with Gasteiger partial charge in [0, 0.05) is 6.54 Å². The molecule has 0 aliphatic carbocycles. The predicted octanol–water partition coefficient (Wildman–Crippen LogP) is -13.3. The Balaban J connectivity index is -0.000000103. The maximum Gasteiger partial charge on any atom is 1.00 e. The summed E-state index contributed by atoms with van der Waals surface area (Å²) in [4.78, 5) is 42.4. The normalized spacial score (nSPS) is 11.7. The van der Waals surface area contributed by atoms with Crippen molar-refractivity contribution in [1.29, 1.82) is 0 Å². The molecule has 0 spiro atoms. The van der Waals surface area contributed by atoms with Gasteiger partial charge in [0.2, 0.25) is 0 Å². The van der Waals surface area contributed by atoms with Gasteiger partial charge >= 0.3 is 71.1 Å². The molecule has 0 heterocycles. The Morgan fingerprint density at radius 2 is 1.28 bits per heavy atom. The largest absolute Gasteiger partial charge is 1.00 e. The van der Waals surface area contributed by atoms with Crippen molar-refractivity contribution >= 4 is 29.8 Å². The van der Waals surface area contributed by atoms with Gasteiger partial charge in [-0.25, -0.2) is 0 Å². The van der Waals surface area contributed by atoms with Gasteiger partial charge < -0.3 is 63.2 Å². The van der Waals surface area contributed by atoms with Gasteiger partial charge in [0.05, 0.1) is 18.5 Å². The van der Waals surface area contributed by atoms with Crippen LogP contribution in [0.2, 0.25) is 0 Å². The number of nitrogens with two attached hydrogens (primary N) is 4. The maximum absolute atomic E-state index is 10.2. The Hall–Kier alpha value is -1.01. The van der Waals surface area contributed by atoms with Gasteiger partial charge in [-0.1, -0.05) is 0 Å². The van der Waals surface area contributed by atoms with Crippen LogP contribution >= 0.6 is 0 Å². The zero-order valence-electron chi connectivity index (χ0n) is 16.1. The van der Waals surface area contributed by atoms with Gasteiger partial charge in [0.25, 0.3) is 0 Å². The van der Waals surface area contributed by atoms with Crippen molar-refractivity contribution in [2.45, 2.75) is 31.1 Å². The fourth-order valence-corrected chi connectivity index (χ4v) is 0.901. The average Bonchev–Trinajstić information content (AvgIpc) is 2.57. The van der Waals surface area contributed by atoms with Crippen molar-refractivity contribution < 1.29 is 109 Å². The van der Waals surface area contributed by atoms with E-state index in [-0.39, 0.29) is 71.6 Å². The van der Waals surface area contributed by atoms with Crippen LogP contribution in [-0.4, -0.2) is 81.6 Å². The number of guanidine groups is 1. The van der Waals surface area contributed by atoms with Gasteiger partial charge in [-0.15, -0.1) is 0 Å². The Bertz CT molecular complexity index is 501. The summed E-state index contributed by atoms with van der Waals surface area (Å²) in [5, 5.41) is 51.7. The molecule has 0 aromatic heterocycles. The molecule has 17 heteroatoms. The monoisotopic (exact) mass is 443 g/mol. The molecular weight excluding hydrogens is 420 g/mol. The number of carbonyl (C=O) groups excluding carboxylic acids is 2. The molecule has 0 rings (SSSR count). The number of aliphatic imine (C=N–C) groups is 1. The van der Waals surface area contributed by atoms with E-state index >= 15 is 0 Å². The Kier molecular flexibility index (Phi) is 31.0. The minimum atomic E-state index is -2.44. The minimum Gasteiger partial charge on any atom is -0.547 e. The molecule has 0 fully saturated rings. The first-order chi connectivity index (χ1) is 12.3. The smallest absolute Gasteiger partial charge is 0.547 e. The molecule has 158 valence electrons. The molecule has 15 nitrogen and oxygen atoms in total. The van der Waals surface area contributed by atoms with E-state index in [4.69, 9.17) is 37.6 Å². The van der Waals surface area contributed by atoms with Gasteiger partial charge in [-0.2, -0.15) is 0 Å². The van der Waals surface area contributed by atoms with Crippen molar-refractivity contribution in [3.8, 4) is 0 Å². The number of aliphatic hydroxyl groups is 2. The second-order valence-corrected chi connectivity index (χ2v) is 4.52. The maximum atomic E-state index is 10.2. The van der Waals surface area contributed by atoms with E-state index in [1.807, 2.05) is 0 Å². The summed E-state index contributed by atoms with van der Waals surface area (Å²) >= 11 is 0. The molecule has 0 radical (unpaired) electrons. The Morgan fingerprint density at radius 3 is 1.48 bits per heavy atom. The predicted molar refractivity (Wildman–Crippen MR) is 84.2 cm³/mol. The molecule has 0 saturated heterocycles. The molecule has 29 heavy (non-hydrogen) atoms. The summed E-state index contributed by atoms with van der Waals surface area (Å²) < 4.78 is 0. The average molecular weight is 443 g/mol. The van der Waals surface area contributed by atoms with Crippen molar-refractivity contribution in [2.75, 3.05) is 13.1 Å².